The van der Waals surface area contributed by atoms with Crippen molar-refractivity contribution >= 4 is 11.9 Å². The lowest BCUT2D eigenvalue weighted by Gasteiger charge is -2.35. The molecule has 0 aliphatic heterocycles. The Hall–Kier alpha value is -1.84. The van der Waals surface area contributed by atoms with Gasteiger partial charge in [-0.1, -0.05) is 83.8 Å². The van der Waals surface area contributed by atoms with Crippen LogP contribution in [0, 0.1) is 5.92 Å². The molecule has 0 radical (unpaired) electrons. The Morgan fingerprint density at radius 2 is 1.59 bits per heavy atom. The Balaban J connectivity index is 4.22. The van der Waals surface area contributed by atoms with Crippen LogP contribution in [0.25, 0.3) is 0 Å². The Morgan fingerprint density at radius 1 is 0.966 bits per heavy atom. The summed E-state index contributed by atoms with van der Waals surface area (Å²) in [4.78, 5) is 23.9. The molecule has 0 aliphatic carbocycles. The molecule has 0 aromatic rings. The quantitative estimate of drug-likeness (QED) is 0.124. The topological polar surface area (TPSA) is 69.4 Å². The second kappa shape index (κ2) is 17.1. The number of primary amides is 1. The number of rotatable bonds is 18. The van der Waals surface area contributed by atoms with Crippen LogP contribution in [0.5, 0.6) is 0 Å². The fraction of sp³-hybridized carbons (Fsp3) is 0.680. The van der Waals surface area contributed by atoms with Gasteiger partial charge in [0, 0.05) is 12.0 Å². The average molecular weight is 406 g/mol. The maximum atomic E-state index is 12.1. The summed E-state index contributed by atoms with van der Waals surface area (Å²) in [5.74, 6) is -1.27. The molecule has 2 unspecified atom stereocenters. The second-order valence-corrected chi connectivity index (χ2v) is 7.84. The van der Waals surface area contributed by atoms with E-state index in [1.807, 2.05) is 13.8 Å². The van der Waals surface area contributed by atoms with Gasteiger partial charge in [-0.3, -0.25) is 4.79 Å². The van der Waals surface area contributed by atoms with Gasteiger partial charge >= 0.3 is 5.97 Å². The highest BCUT2D eigenvalue weighted by Crippen LogP contribution is 2.32. The molecule has 4 heteroatoms. The van der Waals surface area contributed by atoms with E-state index in [0.717, 1.165) is 51.0 Å². The predicted molar refractivity (Wildman–Crippen MR) is 122 cm³/mol. The van der Waals surface area contributed by atoms with Gasteiger partial charge in [-0.25, -0.2) is 4.79 Å². The summed E-state index contributed by atoms with van der Waals surface area (Å²) < 4.78 is 5.47. The zero-order chi connectivity index (χ0) is 22.0. The lowest BCUT2D eigenvalue weighted by molar-refractivity contribution is -0.170. The van der Waals surface area contributed by atoms with Crippen LogP contribution in [-0.4, -0.2) is 17.5 Å². The van der Waals surface area contributed by atoms with Gasteiger partial charge in [0.1, 0.15) is 0 Å². The Kier molecular flexibility index (Phi) is 16.0. The molecule has 2 atom stereocenters. The zero-order valence-corrected chi connectivity index (χ0v) is 19.0. The van der Waals surface area contributed by atoms with Crippen LogP contribution in [0.3, 0.4) is 0 Å². The summed E-state index contributed by atoms with van der Waals surface area (Å²) in [6.45, 7) is 9.56. The van der Waals surface area contributed by atoms with E-state index in [9.17, 15) is 9.59 Å². The molecule has 0 saturated carbocycles. The van der Waals surface area contributed by atoms with Crippen molar-refractivity contribution in [1.29, 1.82) is 0 Å². The fourth-order valence-corrected chi connectivity index (χ4v) is 3.55. The molecule has 0 fully saturated rings. The molecule has 0 heterocycles. The summed E-state index contributed by atoms with van der Waals surface area (Å²) in [5.41, 5.74) is 4.41. The number of unbranched alkanes of at least 4 members (excludes halogenated alkanes) is 6. The first-order valence-electron chi connectivity index (χ1n) is 11.4. The molecule has 0 rings (SSSR count). The summed E-state index contributed by atoms with van der Waals surface area (Å²) >= 11 is 0. The minimum atomic E-state index is -1.23. The lowest BCUT2D eigenvalue weighted by atomic mass is 9.80. The van der Waals surface area contributed by atoms with Crippen LogP contribution in [0.15, 0.2) is 37.0 Å². The van der Waals surface area contributed by atoms with Crippen LogP contribution in [0.1, 0.15) is 97.8 Å². The SMILES string of the molecule is C=CC(=O)OC(CCC)(C(N)=O)C(C)CCCCC/C=C\C/C=C\CCCCC. The van der Waals surface area contributed by atoms with Crippen LogP contribution in [0.4, 0.5) is 0 Å². The maximum Gasteiger partial charge on any atom is 0.331 e. The van der Waals surface area contributed by atoms with Gasteiger partial charge in [-0.15, -0.1) is 0 Å². The van der Waals surface area contributed by atoms with Crippen LogP contribution < -0.4 is 5.73 Å². The van der Waals surface area contributed by atoms with E-state index in [2.05, 4.69) is 37.8 Å². The minimum absolute atomic E-state index is 0.114. The first kappa shape index (κ1) is 27.2. The smallest absolute Gasteiger partial charge is 0.331 e. The van der Waals surface area contributed by atoms with E-state index in [-0.39, 0.29) is 5.92 Å². The first-order chi connectivity index (χ1) is 13.9. The number of carbonyl (C=O) groups is 2. The maximum absolute atomic E-state index is 12.1. The van der Waals surface area contributed by atoms with Crippen molar-refractivity contribution in [3.63, 3.8) is 0 Å². The monoisotopic (exact) mass is 405 g/mol. The molecule has 0 saturated heterocycles. The third-order valence-electron chi connectivity index (χ3n) is 5.37. The summed E-state index contributed by atoms with van der Waals surface area (Å²) in [7, 11) is 0. The van der Waals surface area contributed by atoms with Crippen LogP contribution in [0.2, 0.25) is 0 Å². The van der Waals surface area contributed by atoms with Gasteiger partial charge in [-0.2, -0.15) is 0 Å². The van der Waals surface area contributed by atoms with Crippen molar-refractivity contribution in [2.24, 2.45) is 11.7 Å². The summed E-state index contributed by atoms with van der Waals surface area (Å²) in [6.07, 6.45) is 22.4. The van der Waals surface area contributed by atoms with Gasteiger partial charge in [-0.05, 0) is 44.9 Å². The van der Waals surface area contributed by atoms with Crippen molar-refractivity contribution in [3.05, 3.63) is 37.0 Å². The number of nitrogens with two attached hydrogens (primary N) is 1. The summed E-state index contributed by atoms with van der Waals surface area (Å²) in [5, 5.41) is 0. The fourth-order valence-electron chi connectivity index (χ4n) is 3.55. The van der Waals surface area contributed by atoms with E-state index in [4.69, 9.17) is 10.5 Å². The van der Waals surface area contributed by atoms with Crippen molar-refractivity contribution in [1.82, 2.24) is 0 Å². The number of hydrogen-bond acceptors (Lipinski definition) is 3. The van der Waals surface area contributed by atoms with Crippen LogP contribution in [-0.2, 0) is 14.3 Å². The average Bonchev–Trinajstić information content (AvgIpc) is 2.70. The third-order valence-corrected chi connectivity index (χ3v) is 5.37. The molecule has 4 nitrogen and oxygen atoms in total. The van der Waals surface area contributed by atoms with E-state index in [1.165, 1.54) is 25.7 Å². The number of allylic oxidation sites excluding steroid dienone is 4. The number of esters is 1. The molecule has 0 spiro atoms. The highest BCUT2D eigenvalue weighted by Gasteiger charge is 2.44. The van der Waals surface area contributed by atoms with Crippen molar-refractivity contribution < 1.29 is 14.3 Å². The Morgan fingerprint density at radius 3 is 2.10 bits per heavy atom. The number of hydrogen-bond donors (Lipinski definition) is 1. The summed E-state index contributed by atoms with van der Waals surface area (Å²) in [6, 6.07) is 0. The van der Waals surface area contributed by atoms with Gasteiger partial charge in [0.25, 0.3) is 5.91 Å². The first-order valence-corrected chi connectivity index (χ1v) is 11.4. The highest BCUT2D eigenvalue weighted by molar-refractivity contribution is 5.89. The highest BCUT2D eigenvalue weighted by atomic mass is 16.6. The normalized spacial score (nSPS) is 14.7. The van der Waals surface area contributed by atoms with Gasteiger partial charge in [0.15, 0.2) is 5.60 Å². The van der Waals surface area contributed by atoms with Gasteiger partial charge < -0.3 is 10.5 Å². The molecule has 0 aliphatic rings. The Bertz CT molecular complexity index is 524. The second-order valence-electron chi connectivity index (χ2n) is 7.84. The predicted octanol–water partition coefficient (Wildman–Crippen LogP) is 6.41. The molecule has 29 heavy (non-hydrogen) atoms. The molecule has 2 N–H and O–H groups in total. The zero-order valence-electron chi connectivity index (χ0n) is 19.0. The molecule has 0 aromatic heterocycles. The third kappa shape index (κ3) is 11.7. The minimum Gasteiger partial charge on any atom is -0.446 e. The van der Waals surface area contributed by atoms with E-state index >= 15 is 0 Å². The molecular weight excluding hydrogens is 362 g/mol. The largest absolute Gasteiger partial charge is 0.446 e. The molecular formula is C25H43NO3. The van der Waals surface area contributed by atoms with Crippen molar-refractivity contribution in [2.45, 2.75) is 103 Å². The Labute approximate surface area is 178 Å². The molecule has 1 amide bonds. The molecule has 166 valence electrons. The van der Waals surface area contributed by atoms with Gasteiger partial charge in [0.05, 0.1) is 0 Å². The van der Waals surface area contributed by atoms with Crippen molar-refractivity contribution in [2.75, 3.05) is 0 Å². The molecule has 0 bridgehead atoms. The number of carbonyl (C=O) groups excluding carboxylic acids is 2. The number of ether oxygens (including phenoxy) is 1. The van der Waals surface area contributed by atoms with Crippen LogP contribution >= 0.6 is 0 Å². The molecule has 0 aromatic carbocycles. The van der Waals surface area contributed by atoms with E-state index in [0.29, 0.717) is 6.42 Å². The van der Waals surface area contributed by atoms with E-state index in [1.54, 1.807) is 0 Å². The van der Waals surface area contributed by atoms with Gasteiger partial charge in [0.2, 0.25) is 0 Å². The lowest BCUT2D eigenvalue weighted by Crippen LogP contribution is -2.52. The van der Waals surface area contributed by atoms with E-state index < -0.39 is 17.5 Å². The number of amides is 1. The van der Waals surface area contributed by atoms with Crippen molar-refractivity contribution in [3.8, 4) is 0 Å². The standard InChI is InChI=1S/C25H43NO3/c1-5-8-9-10-11-12-13-14-15-16-17-18-19-20-22(4)25(21-6-2,24(26)28)29-23(27)7-3/h7,11-12,14-15,22H,3,5-6,8-10,13,16-21H2,1-2,4H3,(H2,26,28)/b12-11-,15-14-.